The number of ketones is 1. The number of pyridine rings is 1. The quantitative estimate of drug-likeness (QED) is 0.341. The fourth-order valence-electron chi connectivity index (χ4n) is 2.76. The Bertz CT molecular complexity index is 1030. The molecule has 0 amide bonds. The Labute approximate surface area is 166 Å². The van der Waals surface area contributed by atoms with Gasteiger partial charge in [0.05, 0.1) is 19.1 Å². The number of aromatic nitrogens is 1. The predicted molar refractivity (Wildman–Crippen MR) is 104 cm³/mol. The van der Waals surface area contributed by atoms with Crippen LogP contribution in [0.2, 0.25) is 0 Å². The summed E-state index contributed by atoms with van der Waals surface area (Å²) in [5.41, 5.74) is 2.15. The molecule has 0 aliphatic carbocycles. The molecular formula is C22H18F2N2O3. The average molecular weight is 396 g/mol. The number of Topliss-reactive ketones (excluding diaryl/α,β-unsaturated/α-hetero) is 1. The zero-order valence-corrected chi connectivity index (χ0v) is 15.9. The molecule has 0 saturated heterocycles. The van der Waals surface area contributed by atoms with Gasteiger partial charge in [-0.15, -0.1) is 0 Å². The van der Waals surface area contributed by atoms with Crippen LogP contribution >= 0.6 is 0 Å². The van der Waals surface area contributed by atoms with E-state index < -0.39 is 17.4 Å². The molecule has 0 N–H and O–H groups in total. The van der Waals surface area contributed by atoms with Crippen LogP contribution in [0.15, 0.2) is 65.9 Å². The Morgan fingerprint density at radius 3 is 2.34 bits per heavy atom. The second-order valence-electron chi connectivity index (χ2n) is 6.09. The summed E-state index contributed by atoms with van der Waals surface area (Å²) in [6, 6.07) is 14.2. The van der Waals surface area contributed by atoms with Gasteiger partial charge in [-0.3, -0.25) is 9.78 Å². The molecule has 29 heavy (non-hydrogen) atoms. The lowest BCUT2D eigenvalue weighted by molar-refractivity contribution is 0.0987. The molecular weight excluding hydrogens is 378 g/mol. The van der Waals surface area contributed by atoms with Crippen LogP contribution in [0.5, 0.6) is 5.75 Å². The van der Waals surface area contributed by atoms with E-state index in [9.17, 15) is 13.6 Å². The third-order valence-electron chi connectivity index (χ3n) is 4.24. The van der Waals surface area contributed by atoms with Crippen molar-refractivity contribution in [1.82, 2.24) is 4.98 Å². The largest absolute Gasteiger partial charge is 0.497 e. The molecule has 0 spiro atoms. The molecule has 1 heterocycles. The molecule has 5 nitrogen and oxygen atoms in total. The van der Waals surface area contributed by atoms with E-state index in [0.717, 1.165) is 11.6 Å². The van der Waals surface area contributed by atoms with Crippen molar-refractivity contribution in [1.29, 1.82) is 0 Å². The highest BCUT2D eigenvalue weighted by Crippen LogP contribution is 2.17. The lowest BCUT2D eigenvalue weighted by atomic mass is 10.0. The van der Waals surface area contributed by atoms with Gasteiger partial charge in [0.2, 0.25) is 0 Å². The monoisotopic (exact) mass is 396 g/mol. The lowest BCUT2D eigenvalue weighted by Gasteiger charge is -2.08. The van der Waals surface area contributed by atoms with Gasteiger partial charge in [0.1, 0.15) is 18.6 Å². The molecule has 3 rings (SSSR count). The summed E-state index contributed by atoms with van der Waals surface area (Å²) in [7, 11) is 3.02. The van der Waals surface area contributed by atoms with Gasteiger partial charge in [0.15, 0.2) is 17.4 Å². The summed E-state index contributed by atoms with van der Waals surface area (Å²) in [4.78, 5) is 21.5. The number of oxime groups is 1. The standard InChI is InChI=1S/C22H18F2N2O3/c1-28-17-10-7-14(8-11-17)22(26-29-2)15-6-9-16(25-13-15)12-20(27)18-4-3-5-19(23)21(18)24/h3-11,13H,12H2,1-2H3/b26-22-. The molecule has 7 heteroatoms. The number of ether oxygens (including phenoxy) is 1. The van der Waals surface area contributed by atoms with E-state index in [0.29, 0.717) is 22.7 Å². The summed E-state index contributed by atoms with van der Waals surface area (Å²) in [6.45, 7) is 0. The molecule has 0 aliphatic heterocycles. The summed E-state index contributed by atoms with van der Waals surface area (Å²) in [6.07, 6.45) is 1.40. The van der Waals surface area contributed by atoms with Gasteiger partial charge in [-0.2, -0.15) is 0 Å². The van der Waals surface area contributed by atoms with Crippen LogP contribution in [0.1, 0.15) is 27.2 Å². The fourth-order valence-corrected chi connectivity index (χ4v) is 2.76. The van der Waals surface area contributed by atoms with E-state index in [1.807, 2.05) is 12.1 Å². The number of carbonyl (C=O) groups is 1. The summed E-state index contributed by atoms with van der Waals surface area (Å²) in [5, 5.41) is 4.06. The molecule has 148 valence electrons. The summed E-state index contributed by atoms with van der Waals surface area (Å²) < 4.78 is 32.3. The van der Waals surface area contributed by atoms with Crippen molar-refractivity contribution >= 4 is 11.5 Å². The smallest absolute Gasteiger partial charge is 0.171 e. The highest BCUT2D eigenvalue weighted by Gasteiger charge is 2.16. The highest BCUT2D eigenvalue weighted by atomic mass is 19.2. The van der Waals surface area contributed by atoms with Gasteiger partial charge >= 0.3 is 0 Å². The maximum Gasteiger partial charge on any atom is 0.171 e. The number of hydrogen-bond acceptors (Lipinski definition) is 5. The van der Waals surface area contributed by atoms with Crippen molar-refractivity contribution < 1.29 is 23.1 Å². The first kappa shape index (κ1) is 20.1. The number of rotatable bonds is 7. The lowest BCUT2D eigenvalue weighted by Crippen LogP contribution is -2.10. The van der Waals surface area contributed by atoms with E-state index in [2.05, 4.69) is 10.1 Å². The molecule has 1 aromatic heterocycles. The second kappa shape index (κ2) is 9.05. The third-order valence-corrected chi connectivity index (χ3v) is 4.24. The number of carbonyl (C=O) groups excluding carboxylic acids is 1. The predicted octanol–water partition coefficient (Wildman–Crippen LogP) is 4.19. The van der Waals surface area contributed by atoms with Crippen molar-refractivity contribution in [2.24, 2.45) is 5.16 Å². The number of hydrogen-bond donors (Lipinski definition) is 0. The van der Waals surface area contributed by atoms with Crippen LogP contribution in [0.4, 0.5) is 8.78 Å². The average Bonchev–Trinajstić information content (AvgIpc) is 2.75. The molecule has 0 bridgehead atoms. The Hall–Kier alpha value is -3.61. The number of benzene rings is 2. The third kappa shape index (κ3) is 4.63. The van der Waals surface area contributed by atoms with Gasteiger partial charge in [-0.25, -0.2) is 8.78 Å². The fraction of sp³-hybridized carbons (Fsp3) is 0.136. The van der Waals surface area contributed by atoms with Crippen LogP contribution < -0.4 is 4.74 Å². The van der Waals surface area contributed by atoms with Crippen LogP contribution in [-0.4, -0.2) is 30.7 Å². The van der Waals surface area contributed by atoms with Crippen molar-refractivity contribution in [3.63, 3.8) is 0 Å². The minimum atomic E-state index is -1.15. The Balaban J connectivity index is 1.81. The number of halogens is 2. The van der Waals surface area contributed by atoms with E-state index in [1.54, 1.807) is 37.6 Å². The second-order valence-corrected chi connectivity index (χ2v) is 6.09. The van der Waals surface area contributed by atoms with Crippen molar-refractivity contribution in [2.75, 3.05) is 14.2 Å². The minimum absolute atomic E-state index is 0.153. The Kier molecular flexibility index (Phi) is 6.29. The van der Waals surface area contributed by atoms with Crippen LogP contribution in [0, 0.1) is 11.6 Å². The summed E-state index contributed by atoms with van der Waals surface area (Å²) >= 11 is 0. The number of methoxy groups -OCH3 is 1. The van der Waals surface area contributed by atoms with Crippen molar-refractivity contribution in [3.05, 3.63) is 94.8 Å². The maximum absolute atomic E-state index is 13.8. The molecule has 0 saturated carbocycles. The van der Waals surface area contributed by atoms with E-state index in [-0.39, 0.29) is 12.0 Å². The maximum atomic E-state index is 13.8. The molecule has 0 atom stereocenters. The first-order valence-corrected chi connectivity index (χ1v) is 8.71. The van der Waals surface area contributed by atoms with Crippen LogP contribution in [0.3, 0.4) is 0 Å². The van der Waals surface area contributed by atoms with Crippen LogP contribution in [0.25, 0.3) is 0 Å². The molecule has 3 aromatic rings. The molecule has 2 aromatic carbocycles. The molecule has 0 radical (unpaired) electrons. The topological polar surface area (TPSA) is 60.8 Å². The summed E-state index contributed by atoms with van der Waals surface area (Å²) in [5.74, 6) is -2.05. The van der Waals surface area contributed by atoms with Gasteiger partial charge in [0.25, 0.3) is 0 Å². The van der Waals surface area contributed by atoms with Gasteiger partial charge in [-0.1, -0.05) is 11.2 Å². The van der Waals surface area contributed by atoms with Gasteiger partial charge in [0, 0.05) is 23.0 Å². The van der Waals surface area contributed by atoms with Gasteiger partial charge < -0.3 is 9.57 Å². The normalized spacial score (nSPS) is 11.2. The molecule has 0 aliphatic rings. The van der Waals surface area contributed by atoms with Crippen molar-refractivity contribution in [3.8, 4) is 5.75 Å². The number of nitrogens with zero attached hydrogens (tertiary/aromatic N) is 2. The van der Waals surface area contributed by atoms with E-state index in [1.165, 1.54) is 19.2 Å². The van der Waals surface area contributed by atoms with E-state index in [4.69, 9.17) is 9.57 Å². The van der Waals surface area contributed by atoms with E-state index >= 15 is 0 Å². The first-order valence-electron chi connectivity index (χ1n) is 8.71. The zero-order valence-electron chi connectivity index (χ0n) is 15.9. The Morgan fingerprint density at radius 2 is 1.72 bits per heavy atom. The SMILES string of the molecule is CO/N=C(/c1ccc(OC)cc1)c1ccc(CC(=O)c2cccc(F)c2F)nc1. The first-order chi connectivity index (χ1) is 14.0. The van der Waals surface area contributed by atoms with Crippen LogP contribution in [-0.2, 0) is 11.3 Å². The van der Waals surface area contributed by atoms with Gasteiger partial charge in [-0.05, 0) is 48.5 Å². The minimum Gasteiger partial charge on any atom is -0.497 e. The highest BCUT2D eigenvalue weighted by molar-refractivity contribution is 6.12. The van der Waals surface area contributed by atoms with Crippen molar-refractivity contribution in [2.45, 2.75) is 6.42 Å². The zero-order chi connectivity index (χ0) is 20.8. The Morgan fingerprint density at radius 1 is 1.00 bits per heavy atom. The molecule has 0 fully saturated rings. The molecule has 0 unspecified atom stereocenters.